The fourth-order valence-corrected chi connectivity index (χ4v) is 1.56. The molecule has 1 aromatic rings. The Labute approximate surface area is 110 Å². The van der Waals surface area contributed by atoms with Crippen molar-refractivity contribution >= 4 is 0 Å². The highest BCUT2D eigenvalue weighted by Gasteiger charge is 2.30. The van der Waals surface area contributed by atoms with Crippen LogP contribution in [0, 0.1) is 0 Å². The number of aliphatic hydroxyl groups is 1. The van der Waals surface area contributed by atoms with Gasteiger partial charge in [0.2, 0.25) is 0 Å². The Balaban J connectivity index is 2.64. The summed E-state index contributed by atoms with van der Waals surface area (Å²) in [6.07, 6.45) is -5.74. The molecule has 19 heavy (non-hydrogen) atoms. The van der Waals surface area contributed by atoms with E-state index < -0.39 is 17.8 Å². The normalized spacial score (nSPS) is 15.3. The zero-order valence-corrected chi connectivity index (χ0v) is 10.8. The maximum Gasteiger partial charge on any atom is 0.416 e. The molecule has 0 spiro atoms. The molecule has 0 aromatic heterocycles. The first-order chi connectivity index (χ1) is 8.84. The minimum Gasteiger partial charge on any atom is -0.386 e. The van der Waals surface area contributed by atoms with E-state index >= 15 is 0 Å². The van der Waals surface area contributed by atoms with Crippen LogP contribution in [0.25, 0.3) is 0 Å². The molecule has 0 amide bonds. The first kappa shape index (κ1) is 15.9. The maximum absolute atomic E-state index is 12.5. The van der Waals surface area contributed by atoms with Crippen LogP contribution in [-0.4, -0.2) is 31.5 Å². The van der Waals surface area contributed by atoms with Crippen LogP contribution in [0.4, 0.5) is 13.2 Å². The van der Waals surface area contributed by atoms with Crippen LogP contribution in [0.5, 0.6) is 0 Å². The Morgan fingerprint density at radius 3 is 2.53 bits per heavy atom. The lowest BCUT2D eigenvalue weighted by atomic mass is 10.1. The first-order valence-electron chi connectivity index (χ1n) is 5.80. The molecule has 1 rings (SSSR count). The van der Waals surface area contributed by atoms with E-state index in [9.17, 15) is 18.3 Å². The highest BCUT2D eigenvalue weighted by atomic mass is 19.4. The van der Waals surface area contributed by atoms with Gasteiger partial charge in [0.15, 0.2) is 0 Å². The summed E-state index contributed by atoms with van der Waals surface area (Å²) in [5.41, 5.74) is -0.603. The predicted octanol–water partition coefficient (Wildman–Crippen LogP) is 2.79. The predicted molar refractivity (Wildman–Crippen MR) is 63.7 cm³/mol. The fourth-order valence-electron chi connectivity index (χ4n) is 1.56. The van der Waals surface area contributed by atoms with E-state index in [-0.39, 0.29) is 18.3 Å². The van der Waals surface area contributed by atoms with Gasteiger partial charge in [-0.05, 0) is 24.6 Å². The van der Waals surface area contributed by atoms with Crippen LogP contribution >= 0.6 is 0 Å². The van der Waals surface area contributed by atoms with Gasteiger partial charge in [-0.25, -0.2) is 0 Å². The summed E-state index contributed by atoms with van der Waals surface area (Å²) in [6.45, 7) is 2.03. The minimum atomic E-state index is -4.42. The number of halogens is 3. The molecule has 2 atom stereocenters. The molecule has 0 heterocycles. The number of methoxy groups -OCH3 is 1. The van der Waals surface area contributed by atoms with E-state index in [0.717, 1.165) is 12.1 Å². The van der Waals surface area contributed by atoms with Crippen LogP contribution in [-0.2, 0) is 15.7 Å². The number of aliphatic hydroxyl groups excluding tert-OH is 1. The first-order valence-corrected chi connectivity index (χ1v) is 5.80. The molecule has 0 saturated carbocycles. The van der Waals surface area contributed by atoms with Crippen LogP contribution in [0.3, 0.4) is 0 Å². The molecule has 0 saturated heterocycles. The largest absolute Gasteiger partial charge is 0.416 e. The molecule has 0 aliphatic carbocycles. The second kappa shape index (κ2) is 6.88. The summed E-state index contributed by atoms with van der Waals surface area (Å²) in [5, 5.41) is 9.79. The van der Waals surface area contributed by atoms with E-state index in [0.29, 0.717) is 6.61 Å². The molecule has 0 aliphatic heterocycles. The molecular weight excluding hydrogens is 261 g/mol. The number of hydrogen-bond donors (Lipinski definition) is 1. The highest BCUT2D eigenvalue weighted by molar-refractivity contribution is 5.27. The van der Waals surface area contributed by atoms with Crippen LogP contribution in [0.2, 0.25) is 0 Å². The Morgan fingerprint density at radius 2 is 1.95 bits per heavy atom. The van der Waals surface area contributed by atoms with Gasteiger partial charge in [-0.2, -0.15) is 13.2 Å². The zero-order chi connectivity index (χ0) is 14.5. The minimum absolute atomic E-state index is 0.0775. The van der Waals surface area contributed by atoms with Gasteiger partial charge in [0.05, 0.1) is 24.9 Å². The van der Waals surface area contributed by atoms with Gasteiger partial charge in [-0.15, -0.1) is 0 Å². The number of benzene rings is 1. The number of rotatable bonds is 6. The summed E-state index contributed by atoms with van der Waals surface area (Å²) < 4.78 is 47.7. The smallest absolute Gasteiger partial charge is 0.386 e. The van der Waals surface area contributed by atoms with Gasteiger partial charge < -0.3 is 14.6 Å². The second-order valence-electron chi connectivity index (χ2n) is 4.24. The van der Waals surface area contributed by atoms with Gasteiger partial charge in [0.1, 0.15) is 6.10 Å². The Bertz CT molecular complexity index is 393. The van der Waals surface area contributed by atoms with E-state index in [1.165, 1.54) is 19.2 Å². The van der Waals surface area contributed by atoms with Gasteiger partial charge in [0, 0.05) is 7.11 Å². The lowest BCUT2D eigenvalue weighted by Gasteiger charge is -2.17. The summed E-state index contributed by atoms with van der Waals surface area (Å²) in [7, 11) is 1.52. The molecule has 6 heteroatoms. The topological polar surface area (TPSA) is 38.7 Å². The standard InChI is InChI=1S/C13H17F3O3/c1-9(7-18-2)19-8-12(17)10-4-3-5-11(6-10)13(14,15)16/h3-6,9,12,17H,7-8H2,1-2H3. The highest BCUT2D eigenvalue weighted by Crippen LogP contribution is 2.30. The molecule has 1 aromatic carbocycles. The van der Waals surface area contributed by atoms with Crippen molar-refractivity contribution in [3.05, 3.63) is 35.4 Å². The van der Waals surface area contributed by atoms with E-state index in [4.69, 9.17) is 9.47 Å². The summed E-state index contributed by atoms with van der Waals surface area (Å²) in [6, 6.07) is 4.59. The van der Waals surface area contributed by atoms with E-state index in [1.807, 2.05) is 0 Å². The van der Waals surface area contributed by atoms with Gasteiger partial charge in [-0.3, -0.25) is 0 Å². The second-order valence-corrected chi connectivity index (χ2v) is 4.24. The summed E-state index contributed by atoms with van der Waals surface area (Å²) >= 11 is 0. The number of hydrogen-bond acceptors (Lipinski definition) is 3. The summed E-state index contributed by atoms with van der Waals surface area (Å²) in [5.74, 6) is 0. The van der Waals surface area contributed by atoms with Gasteiger partial charge >= 0.3 is 6.18 Å². The SMILES string of the molecule is COCC(C)OCC(O)c1cccc(C(F)(F)F)c1. The average molecular weight is 278 g/mol. The van der Waals surface area contributed by atoms with Gasteiger partial charge in [0.25, 0.3) is 0 Å². The molecule has 0 fully saturated rings. The molecule has 2 unspecified atom stereocenters. The molecule has 0 aliphatic rings. The lowest BCUT2D eigenvalue weighted by molar-refractivity contribution is -0.137. The molecule has 1 N–H and O–H groups in total. The monoisotopic (exact) mass is 278 g/mol. The van der Waals surface area contributed by atoms with Crippen LogP contribution in [0.1, 0.15) is 24.2 Å². The van der Waals surface area contributed by atoms with Crippen molar-refractivity contribution in [2.75, 3.05) is 20.3 Å². The van der Waals surface area contributed by atoms with Crippen molar-refractivity contribution in [3.8, 4) is 0 Å². The number of alkyl halides is 3. The van der Waals surface area contributed by atoms with Crippen molar-refractivity contribution in [1.82, 2.24) is 0 Å². The lowest BCUT2D eigenvalue weighted by Crippen LogP contribution is -2.19. The molecule has 108 valence electrons. The molecule has 0 radical (unpaired) electrons. The Kier molecular flexibility index (Phi) is 5.78. The van der Waals surface area contributed by atoms with Crippen molar-refractivity contribution in [2.24, 2.45) is 0 Å². The molecular formula is C13H17F3O3. The molecule has 3 nitrogen and oxygen atoms in total. The third-order valence-electron chi connectivity index (χ3n) is 2.54. The summed E-state index contributed by atoms with van der Waals surface area (Å²) in [4.78, 5) is 0. The van der Waals surface area contributed by atoms with Crippen molar-refractivity contribution < 1.29 is 27.8 Å². The molecule has 0 bridgehead atoms. The Morgan fingerprint density at radius 1 is 1.26 bits per heavy atom. The fraction of sp³-hybridized carbons (Fsp3) is 0.538. The zero-order valence-electron chi connectivity index (χ0n) is 10.8. The van der Waals surface area contributed by atoms with Gasteiger partial charge in [-0.1, -0.05) is 12.1 Å². The van der Waals surface area contributed by atoms with Crippen molar-refractivity contribution in [3.63, 3.8) is 0 Å². The number of ether oxygens (including phenoxy) is 2. The van der Waals surface area contributed by atoms with Crippen molar-refractivity contribution in [2.45, 2.75) is 25.3 Å². The van der Waals surface area contributed by atoms with E-state index in [2.05, 4.69) is 0 Å². The quantitative estimate of drug-likeness (QED) is 0.869. The van der Waals surface area contributed by atoms with Crippen LogP contribution < -0.4 is 0 Å². The Hall–Kier alpha value is -1.11. The third-order valence-corrected chi connectivity index (χ3v) is 2.54. The maximum atomic E-state index is 12.5. The third kappa shape index (κ3) is 5.18. The van der Waals surface area contributed by atoms with Crippen molar-refractivity contribution in [1.29, 1.82) is 0 Å². The van der Waals surface area contributed by atoms with Crippen LogP contribution in [0.15, 0.2) is 24.3 Å². The van der Waals surface area contributed by atoms with E-state index in [1.54, 1.807) is 6.92 Å². The average Bonchev–Trinajstić information content (AvgIpc) is 2.35.